The first-order chi connectivity index (χ1) is 37.7. The summed E-state index contributed by atoms with van der Waals surface area (Å²) >= 11 is 0. The maximum atomic E-state index is 13.0. The van der Waals surface area contributed by atoms with E-state index in [0.717, 1.165) is 64.2 Å². The highest BCUT2D eigenvalue weighted by Crippen LogP contribution is 2.23. The molecule has 1 amide bonds. The largest absolute Gasteiger partial charge is 0.466 e. The molecule has 11 heteroatoms. The monoisotopic (exact) mass is 1090 g/mol. The number of carbonyl (C=O) groups excluding carboxylic acids is 2. The molecule has 7 atom stereocenters. The maximum Gasteiger partial charge on any atom is 0.305 e. The van der Waals surface area contributed by atoms with E-state index in [2.05, 4.69) is 43.5 Å². The zero-order valence-electron chi connectivity index (χ0n) is 49.9. The molecule has 11 nitrogen and oxygen atoms in total. The van der Waals surface area contributed by atoms with Crippen LogP contribution in [0.15, 0.2) is 36.5 Å². The molecule has 1 rings (SSSR count). The molecule has 0 aliphatic carbocycles. The van der Waals surface area contributed by atoms with E-state index in [0.29, 0.717) is 19.4 Å². The highest BCUT2D eigenvalue weighted by atomic mass is 16.7. The van der Waals surface area contributed by atoms with Crippen LogP contribution in [-0.4, -0.2) is 100 Å². The number of allylic oxidation sites excluding steroid dienone is 5. The van der Waals surface area contributed by atoms with Gasteiger partial charge in [-0.3, -0.25) is 9.59 Å². The Kier molecular flexibility index (Phi) is 52.8. The molecule has 1 saturated heterocycles. The Balaban J connectivity index is 2.01. The SMILES string of the molecule is CCCCCCCCCCC/C=C/C(O)C(COC1OC(CO)C(O)C(O)C1O)NC(=O)CCCCCCCCCCCCC/C=C\C/C=C\CCCCCCCCCCCOC(=O)CCCCCCCCCCCCC. The third kappa shape index (κ3) is 45.2. The molecule has 0 aromatic rings. The summed E-state index contributed by atoms with van der Waals surface area (Å²) in [5.74, 6) is -0.184. The summed E-state index contributed by atoms with van der Waals surface area (Å²) in [7, 11) is 0. The first-order valence-electron chi connectivity index (χ1n) is 32.8. The van der Waals surface area contributed by atoms with Crippen LogP contribution < -0.4 is 5.32 Å². The van der Waals surface area contributed by atoms with Gasteiger partial charge in [-0.05, 0) is 64.2 Å². The molecule has 0 aromatic carbocycles. The van der Waals surface area contributed by atoms with E-state index >= 15 is 0 Å². The summed E-state index contributed by atoms with van der Waals surface area (Å²) in [6.45, 7) is 4.34. The van der Waals surface area contributed by atoms with Crippen LogP contribution in [0.25, 0.3) is 0 Å². The molecule has 6 N–H and O–H groups in total. The van der Waals surface area contributed by atoms with Gasteiger partial charge in [0.2, 0.25) is 5.91 Å². The van der Waals surface area contributed by atoms with Crippen LogP contribution in [0, 0.1) is 0 Å². The standard InChI is InChI=1S/C66H123NO10/c1-3-5-7-9-11-13-32-36-40-44-48-52-59(69)58(57-76-66-65(74)64(73)63(72)60(56-68)77-66)67-61(70)53-49-45-41-37-34-30-28-26-24-22-20-18-16-15-17-19-21-23-25-27-29-31-35-39-43-47-51-55-75-62(71)54-50-46-42-38-33-14-12-10-8-6-4-2/h15-16,19,21,48,52,58-60,63-66,68-69,72-74H,3-14,17-18,20,22-47,49-51,53-57H2,1-2H3,(H,67,70)/b16-15-,21-19-,52-48+. The second kappa shape index (κ2) is 55.8. The number of amides is 1. The highest BCUT2D eigenvalue weighted by Gasteiger charge is 2.44. The van der Waals surface area contributed by atoms with Crippen LogP contribution in [0.2, 0.25) is 0 Å². The van der Waals surface area contributed by atoms with Crippen LogP contribution in [-0.2, 0) is 23.8 Å². The Labute approximate surface area is 473 Å². The second-order valence-corrected chi connectivity index (χ2v) is 22.8. The van der Waals surface area contributed by atoms with E-state index < -0.39 is 49.5 Å². The number of rotatable bonds is 57. The summed E-state index contributed by atoms with van der Waals surface area (Å²) in [5, 5.41) is 54.4. The van der Waals surface area contributed by atoms with Crippen molar-refractivity contribution < 1.29 is 49.3 Å². The van der Waals surface area contributed by atoms with E-state index in [4.69, 9.17) is 14.2 Å². The average molecular weight is 1090 g/mol. The van der Waals surface area contributed by atoms with Gasteiger partial charge in [0.25, 0.3) is 0 Å². The second-order valence-electron chi connectivity index (χ2n) is 22.8. The predicted molar refractivity (Wildman–Crippen MR) is 320 cm³/mol. The van der Waals surface area contributed by atoms with Crippen molar-refractivity contribution in [2.75, 3.05) is 19.8 Å². The summed E-state index contributed by atoms with van der Waals surface area (Å²) < 4.78 is 16.7. The van der Waals surface area contributed by atoms with Gasteiger partial charge < -0.3 is 45.1 Å². The average Bonchev–Trinajstić information content (AvgIpc) is 3.43. The van der Waals surface area contributed by atoms with Gasteiger partial charge in [-0.25, -0.2) is 0 Å². The minimum Gasteiger partial charge on any atom is -0.466 e. The lowest BCUT2D eigenvalue weighted by atomic mass is 9.99. The van der Waals surface area contributed by atoms with Gasteiger partial charge in [0.05, 0.1) is 32.0 Å². The van der Waals surface area contributed by atoms with E-state index in [1.165, 1.54) is 218 Å². The Morgan fingerprint density at radius 2 is 0.870 bits per heavy atom. The van der Waals surface area contributed by atoms with Crippen LogP contribution >= 0.6 is 0 Å². The van der Waals surface area contributed by atoms with Gasteiger partial charge in [-0.2, -0.15) is 0 Å². The van der Waals surface area contributed by atoms with E-state index in [1.807, 2.05) is 6.08 Å². The van der Waals surface area contributed by atoms with Crippen molar-refractivity contribution in [3.8, 4) is 0 Å². The number of nitrogens with one attached hydrogen (secondary N) is 1. The lowest BCUT2D eigenvalue weighted by Crippen LogP contribution is -2.60. The number of carbonyl (C=O) groups is 2. The number of hydrogen-bond acceptors (Lipinski definition) is 10. The Morgan fingerprint density at radius 3 is 1.31 bits per heavy atom. The number of hydrogen-bond donors (Lipinski definition) is 6. The number of esters is 1. The zero-order valence-corrected chi connectivity index (χ0v) is 49.9. The molecule has 0 saturated carbocycles. The normalized spacial score (nSPS) is 18.8. The van der Waals surface area contributed by atoms with Crippen molar-refractivity contribution in [1.82, 2.24) is 5.32 Å². The number of aliphatic hydroxyl groups is 5. The molecule has 77 heavy (non-hydrogen) atoms. The predicted octanol–water partition coefficient (Wildman–Crippen LogP) is 15.8. The summed E-state index contributed by atoms with van der Waals surface area (Å²) in [6, 6.07) is -0.812. The lowest BCUT2D eigenvalue weighted by Gasteiger charge is -2.40. The van der Waals surface area contributed by atoms with Gasteiger partial charge in [0.1, 0.15) is 24.4 Å². The molecule has 0 spiro atoms. The topological polar surface area (TPSA) is 175 Å². The maximum absolute atomic E-state index is 13.0. The molecule has 7 unspecified atom stereocenters. The fourth-order valence-electron chi connectivity index (χ4n) is 10.3. The fraction of sp³-hybridized carbons (Fsp3) is 0.879. The summed E-state index contributed by atoms with van der Waals surface area (Å²) in [5.41, 5.74) is 0. The molecule has 1 aliphatic heterocycles. The minimum absolute atomic E-state index is 0.000742. The number of unbranched alkanes of at least 4 members (excludes halogenated alkanes) is 39. The van der Waals surface area contributed by atoms with Crippen LogP contribution in [0.5, 0.6) is 0 Å². The Bertz CT molecular complexity index is 1370. The lowest BCUT2D eigenvalue weighted by molar-refractivity contribution is -0.302. The molecule has 452 valence electrons. The van der Waals surface area contributed by atoms with E-state index in [-0.39, 0.29) is 18.5 Å². The van der Waals surface area contributed by atoms with E-state index in [9.17, 15) is 35.1 Å². The molecule has 1 aliphatic rings. The van der Waals surface area contributed by atoms with Crippen LogP contribution in [0.1, 0.15) is 309 Å². The van der Waals surface area contributed by atoms with Crippen molar-refractivity contribution in [3.05, 3.63) is 36.5 Å². The molecule has 0 aromatic heterocycles. The first kappa shape index (κ1) is 72.9. The van der Waals surface area contributed by atoms with Gasteiger partial charge in [0, 0.05) is 12.8 Å². The first-order valence-corrected chi connectivity index (χ1v) is 32.8. The van der Waals surface area contributed by atoms with Gasteiger partial charge >= 0.3 is 5.97 Å². The number of ether oxygens (including phenoxy) is 3. The van der Waals surface area contributed by atoms with Gasteiger partial charge in [-0.1, -0.05) is 269 Å². The van der Waals surface area contributed by atoms with Crippen LogP contribution in [0.4, 0.5) is 0 Å². The summed E-state index contributed by atoms with van der Waals surface area (Å²) in [4.78, 5) is 25.0. The molecule has 0 bridgehead atoms. The minimum atomic E-state index is -1.57. The third-order valence-corrected chi connectivity index (χ3v) is 15.5. The molecule has 1 fully saturated rings. The quantitative estimate of drug-likeness (QED) is 0.0195. The molecule has 1 heterocycles. The molecular weight excluding hydrogens is 967 g/mol. The highest BCUT2D eigenvalue weighted by molar-refractivity contribution is 5.76. The fourth-order valence-corrected chi connectivity index (χ4v) is 10.3. The van der Waals surface area contributed by atoms with Crippen molar-refractivity contribution >= 4 is 11.9 Å². The third-order valence-electron chi connectivity index (χ3n) is 15.5. The van der Waals surface area contributed by atoms with Crippen LogP contribution in [0.3, 0.4) is 0 Å². The van der Waals surface area contributed by atoms with Crippen molar-refractivity contribution in [2.45, 2.75) is 352 Å². The van der Waals surface area contributed by atoms with Crippen molar-refractivity contribution in [3.63, 3.8) is 0 Å². The van der Waals surface area contributed by atoms with Crippen molar-refractivity contribution in [2.24, 2.45) is 0 Å². The Morgan fingerprint density at radius 1 is 0.481 bits per heavy atom. The van der Waals surface area contributed by atoms with Gasteiger partial charge in [0.15, 0.2) is 6.29 Å². The van der Waals surface area contributed by atoms with Gasteiger partial charge in [-0.15, -0.1) is 0 Å². The summed E-state index contributed by atoms with van der Waals surface area (Å²) in [6.07, 6.45) is 59.7. The number of aliphatic hydroxyl groups excluding tert-OH is 5. The smallest absolute Gasteiger partial charge is 0.305 e. The Hall–Kier alpha value is -2.12. The zero-order chi connectivity index (χ0) is 55.9. The van der Waals surface area contributed by atoms with Crippen molar-refractivity contribution in [1.29, 1.82) is 0 Å². The molecule has 0 radical (unpaired) electrons. The molecular formula is C66H123NO10. The van der Waals surface area contributed by atoms with E-state index in [1.54, 1.807) is 6.08 Å².